The van der Waals surface area contributed by atoms with Gasteiger partial charge in [0, 0.05) is 68.9 Å². The maximum atomic E-state index is 14.1. The molecular weight excluding hydrogens is 509 g/mol. The highest BCUT2D eigenvalue weighted by atomic mass is 35.5. The first-order valence-corrected chi connectivity index (χ1v) is 13.1. The molecule has 1 N–H and O–H groups in total. The molecule has 2 aromatic heterocycles. The summed E-state index contributed by atoms with van der Waals surface area (Å²) in [5.41, 5.74) is 0.0340. The van der Waals surface area contributed by atoms with Crippen LogP contribution in [0.25, 0.3) is 0 Å². The summed E-state index contributed by atoms with van der Waals surface area (Å²) in [6, 6.07) is 12.7. The lowest BCUT2D eigenvalue weighted by Crippen LogP contribution is -2.57. The Bertz CT molecular complexity index is 1370. The number of piperidine rings is 1. The van der Waals surface area contributed by atoms with Crippen molar-refractivity contribution in [2.75, 3.05) is 31.1 Å². The van der Waals surface area contributed by atoms with Gasteiger partial charge >= 0.3 is 0 Å². The first-order chi connectivity index (χ1) is 18.1. The molecule has 38 heavy (non-hydrogen) atoms. The van der Waals surface area contributed by atoms with Gasteiger partial charge in [0.1, 0.15) is 11.6 Å². The van der Waals surface area contributed by atoms with Crippen molar-refractivity contribution < 1.29 is 14.3 Å². The van der Waals surface area contributed by atoms with E-state index in [0.29, 0.717) is 42.6 Å². The van der Waals surface area contributed by atoms with Crippen molar-refractivity contribution in [3.63, 3.8) is 0 Å². The standard InChI is InChI=1S/C28H31ClFN5O3/c1-17-13-35(14-18(2)28(17,38)19-4-7-21(30)8-5-19)27(37)23-16-34(25-10-11-26(36)33(3)32-25)15-22(23)24-9-6-20(29)12-31-24/h4-12,17-18,22-23,38H,13-16H2,1-3H3/t17-,18+,22-,23-,28+/m1/s1. The van der Waals surface area contributed by atoms with Gasteiger partial charge in [-0.2, -0.15) is 5.10 Å². The number of aliphatic hydroxyl groups is 1. The number of nitrogens with zero attached hydrogens (tertiary/aromatic N) is 5. The summed E-state index contributed by atoms with van der Waals surface area (Å²) in [6.07, 6.45) is 1.58. The van der Waals surface area contributed by atoms with Gasteiger partial charge < -0.3 is 14.9 Å². The van der Waals surface area contributed by atoms with E-state index in [4.69, 9.17) is 11.6 Å². The van der Waals surface area contributed by atoms with Crippen LogP contribution in [0.15, 0.2) is 59.5 Å². The second-order valence-electron chi connectivity index (χ2n) is 10.6. The smallest absolute Gasteiger partial charge is 0.266 e. The van der Waals surface area contributed by atoms with Gasteiger partial charge in [-0.1, -0.05) is 37.6 Å². The van der Waals surface area contributed by atoms with Gasteiger partial charge in [0.15, 0.2) is 0 Å². The minimum absolute atomic E-state index is 0.0149. The SMILES string of the molecule is C[C@@H]1CN(C(=O)[C@@H]2CN(c3ccc(=O)n(C)n3)C[C@H]2c2ccc(Cl)cn2)C[C@H](C)[C@]1(O)c1ccc(F)cc1. The number of halogens is 2. The van der Waals surface area contributed by atoms with Crippen LogP contribution >= 0.6 is 11.6 Å². The molecule has 2 saturated heterocycles. The summed E-state index contributed by atoms with van der Waals surface area (Å²) >= 11 is 6.08. The number of likely N-dealkylation sites (tertiary alicyclic amines) is 1. The van der Waals surface area contributed by atoms with Crippen molar-refractivity contribution in [1.29, 1.82) is 0 Å². The molecule has 5 rings (SSSR count). The zero-order valence-electron chi connectivity index (χ0n) is 21.6. The summed E-state index contributed by atoms with van der Waals surface area (Å²) in [7, 11) is 1.60. The number of aryl methyl sites for hydroxylation is 1. The molecule has 8 nitrogen and oxygen atoms in total. The van der Waals surface area contributed by atoms with Gasteiger partial charge in [-0.15, -0.1) is 0 Å². The minimum atomic E-state index is -1.18. The monoisotopic (exact) mass is 539 g/mol. The van der Waals surface area contributed by atoms with Crippen LogP contribution in [0, 0.1) is 23.6 Å². The average molecular weight is 540 g/mol. The molecule has 0 unspecified atom stereocenters. The molecule has 0 bridgehead atoms. The molecule has 0 radical (unpaired) electrons. The fraction of sp³-hybridized carbons (Fsp3) is 0.429. The Labute approximate surface area is 225 Å². The Morgan fingerprint density at radius 1 is 1.03 bits per heavy atom. The average Bonchev–Trinajstić information content (AvgIpc) is 3.34. The van der Waals surface area contributed by atoms with Gasteiger partial charge in [-0.05, 0) is 35.9 Å². The number of amides is 1. The van der Waals surface area contributed by atoms with E-state index in [1.54, 1.807) is 37.5 Å². The van der Waals surface area contributed by atoms with Crippen molar-refractivity contribution in [3.8, 4) is 0 Å². The van der Waals surface area contributed by atoms with Crippen molar-refractivity contribution in [2.24, 2.45) is 24.8 Å². The largest absolute Gasteiger partial charge is 0.384 e. The lowest BCUT2D eigenvalue weighted by molar-refractivity contribution is -0.152. The number of carbonyl (C=O) groups excluding carboxylic acids is 1. The molecule has 2 aliphatic rings. The number of pyridine rings is 1. The van der Waals surface area contributed by atoms with Crippen LogP contribution in [0.2, 0.25) is 5.02 Å². The van der Waals surface area contributed by atoms with Crippen LogP contribution in [0.3, 0.4) is 0 Å². The van der Waals surface area contributed by atoms with Gasteiger partial charge in [-0.3, -0.25) is 14.6 Å². The lowest BCUT2D eigenvalue weighted by Gasteiger charge is -2.48. The highest BCUT2D eigenvalue weighted by molar-refractivity contribution is 6.30. The number of rotatable bonds is 4. The molecule has 4 heterocycles. The molecule has 200 valence electrons. The molecular formula is C28H31ClFN5O3. The topological polar surface area (TPSA) is 91.6 Å². The molecule has 0 spiro atoms. The van der Waals surface area contributed by atoms with Crippen molar-refractivity contribution in [1.82, 2.24) is 19.7 Å². The number of hydrogen-bond acceptors (Lipinski definition) is 6. The number of aromatic nitrogens is 3. The first-order valence-electron chi connectivity index (χ1n) is 12.8. The van der Waals surface area contributed by atoms with Crippen LogP contribution in [-0.2, 0) is 17.4 Å². The van der Waals surface area contributed by atoms with E-state index in [1.165, 1.54) is 22.9 Å². The molecule has 0 aliphatic carbocycles. The van der Waals surface area contributed by atoms with Crippen molar-refractivity contribution >= 4 is 23.3 Å². The summed E-state index contributed by atoms with van der Waals surface area (Å²) in [5, 5.41) is 16.6. The van der Waals surface area contributed by atoms with E-state index >= 15 is 0 Å². The van der Waals surface area contributed by atoms with Gasteiger partial charge in [0.05, 0.1) is 16.5 Å². The lowest BCUT2D eigenvalue weighted by atomic mass is 9.70. The van der Waals surface area contributed by atoms with Crippen LogP contribution in [0.5, 0.6) is 0 Å². The molecule has 5 atom stereocenters. The summed E-state index contributed by atoms with van der Waals surface area (Å²) in [5.74, 6) is -0.898. The zero-order chi connectivity index (χ0) is 27.2. The predicted molar refractivity (Wildman–Crippen MR) is 142 cm³/mol. The van der Waals surface area contributed by atoms with Crippen molar-refractivity contribution in [3.05, 3.63) is 87.2 Å². The fourth-order valence-electron chi connectivity index (χ4n) is 6.01. The Kier molecular flexibility index (Phi) is 7.00. The summed E-state index contributed by atoms with van der Waals surface area (Å²) in [4.78, 5) is 34.3. The highest BCUT2D eigenvalue weighted by Crippen LogP contribution is 2.43. The fourth-order valence-corrected chi connectivity index (χ4v) is 6.12. The molecule has 10 heteroatoms. The number of hydrogen-bond donors (Lipinski definition) is 1. The highest BCUT2D eigenvalue weighted by Gasteiger charge is 2.49. The quantitative estimate of drug-likeness (QED) is 0.547. The third-order valence-electron chi connectivity index (χ3n) is 8.15. The Hall–Kier alpha value is -3.30. The van der Waals surface area contributed by atoms with Gasteiger partial charge in [0.25, 0.3) is 5.56 Å². The molecule has 2 fully saturated rings. The molecule has 1 aromatic carbocycles. The molecule has 1 amide bonds. The van der Waals surface area contributed by atoms with E-state index < -0.39 is 11.5 Å². The first kappa shape index (κ1) is 26.3. The van der Waals surface area contributed by atoms with Crippen LogP contribution in [-0.4, -0.2) is 56.9 Å². The van der Waals surface area contributed by atoms with E-state index in [9.17, 15) is 19.1 Å². The number of carbonyl (C=O) groups is 1. The normalized spacial score (nSPS) is 27.5. The van der Waals surface area contributed by atoms with E-state index in [1.807, 2.05) is 29.7 Å². The van der Waals surface area contributed by atoms with Crippen LogP contribution in [0.4, 0.5) is 10.2 Å². The Morgan fingerprint density at radius 2 is 1.71 bits per heavy atom. The second kappa shape index (κ2) is 10.1. The van der Waals surface area contributed by atoms with E-state index in [2.05, 4.69) is 10.1 Å². The number of benzene rings is 1. The zero-order valence-corrected chi connectivity index (χ0v) is 22.3. The predicted octanol–water partition coefficient (Wildman–Crippen LogP) is 3.19. The third-order valence-corrected chi connectivity index (χ3v) is 8.37. The van der Waals surface area contributed by atoms with Crippen molar-refractivity contribution in [2.45, 2.75) is 25.4 Å². The third kappa shape index (κ3) is 4.69. The van der Waals surface area contributed by atoms with E-state index in [-0.39, 0.29) is 35.0 Å². The minimum Gasteiger partial charge on any atom is -0.384 e. The molecule has 3 aromatic rings. The maximum Gasteiger partial charge on any atom is 0.266 e. The second-order valence-corrected chi connectivity index (χ2v) is 11.0. The van der Waals surface area contributed by atoms with Crippen LogP contribution in [0.1, 0.15) is 31.0 Å². The maximum absolute atomic E-state index is 14.1. The summed E-state index contributed by atoms with van der Waals surface area (Å²) in [6.45, 7) is 5.51. The molecule has 2 aliphatic heterocycles. The number of anilines is 1. The van der Waals surface area contributed by atoms with Gasteiger partial charge in [-0.25, -0.2) is 9.07 Å². The summed E-state index contributed by atoms with van der Waals surface area (Å²) < 4.78 is 14.8. The Balaban J connectivity index is 1.42. The molecule has 0 saturated carbocycles. The van der Waals surface area contributed by atoms with Gasteiger partial charge in [0.2, 0.25) is 5.91 Å². The Morgan fingerprint density at radius 3 is 2.32 bits per heavy atom. The van der Waals surface area contributed by atoms with E-state index in [0.717, 1.165) is 5.69 Å². The van der Waals surface area contributed by atoms with Crippen LogP contribution < -0.4 is 10.5 Å².